The summed E-state index contributed by atoms with van der Waals surface area (Å²) in [4.78, 5) is 12.5. The van der Waals surface area contributed by atoms with E-state index in [-0.39, 0.29) is 0 Å². The molecule has 3 heteroatoms. The molecule has 0 saturated heterocycles. The number of hydrogen-bond donors (Lipinski definition) is 1. The molecule has 0 saturated carbocycles. The van der Waals surface area contributed by atoms with Crippen molar-refractivity contribution in [3.05, 3.63) is 35.4 Å². The number of nitrogens with zero attached hydrogens (tertiary/aromatic N) is 1. The zero-order valence-corrected chi connectivity index (χ0v) is 11.1. The molecule has 1 atom stereocenters. The van der Waals surface area contributed by atoms with Crippen LogP contribution in [0.25, 0.3) is 0 Å². The third-order valence-electron chi connectivity index (χ3n) is 3.71. The van der Waals surface area contributed by atoms with Crippen LogP contribution < -0.4 is 5.32 Å². The number of carbonyl (C=O) groups is 1. The Morgan fingerprint density at radius 2 is 2.28 bits per heavy atom. The number of likely N-dealkylation sites (N-methyl/N-ethyl adjacent to an activating group) is 1. The first kappa shape index (κ1) is 13.1. The monoisotopic (exact) mass is 246 g/mol. The van der Waals surface area contributed by atoms with Crippen LogP contribution in [0.1, 0.15) is 36.9 Å². The van der Waals surface area contributed by atoms with Crippen molar-refractivity contribution >= 4 is 6.41 Å². The zero-order chi connectivity index (χ0) is 12.8. The van der Waals surface area contributed by atoms with Crippen molar-refractivity contribution in [3.63, 3.8) is 0 Å². The third-order valence-corrected chi connectivity index (χ3v) is 3.71. The normalized spacial score (nSPS) is 18.2. The van der Waals surface area contributed by atoms with Crippen LogP contribution in [0.4, 0.5) is 0 Å². The highest BCUT2D eigenvalue weighted by Gasteiger charge is 2.18. The molecule has 1 aromatic rings. The number of carbonyl (C=O) groups excluding carboxylic acids is 1. The molecule has 3 nitrogen and oxygen atoms in total. The number of nitrogens with one attached hydrogen (secondary N) is 1. The van der Waals surface area contributed by atoms with Gasteiger partial charge < -0.3 is 10.2 Å². The van der Waals surface area contributed by atoms with Gasteiger partial charge >= 0.3 is 0 Å². The molecule has 0 bridgehead atoms. The van der Waals surface area contributed by atoms with Crippen LogP contribution in [0, 0.1) is 0 Å². The molecule has 18 heavy (non-hydrogen) atoms. The Labute approximate surface area is 109 Å². The molecule has 1 aromatic carbocycles. The Kier molecular flexibility index (Phi) is 4.76. The van der Waals surface area contributed by atoms with E-state index in [1.54, 1.807) is 4.90 Å². The van der Waals surface area contributed by atoms with Gasteiger partial charge in [0.25, 0.3) is 0 Å². The fourth-order valence-corrected chi connectivity index (χ4v) is 2.63. The molecule has 1 aliphatic carbocycles. The number of aryl methyl sites for hydroxylation is 1. The molecule has 0 fully saturated rings. The van der Waals surface area contributed by atoms with Gasteiger partial charge in [0, 0.05) is 25.7 Å². The predicted molar refractivity (Wildman–Crippen MR) is 73.4 cm³/mol. The number of benzene rings is 1. The summed E-state index contributed by atoms with van der Waals surface area (Å²) in [5.41, 5.74) is 2.92. The first-order valence-electron chi connectivity index (χ1n) is 6.85. The summed E-state index contributed by atoms with van der Waals surface area (Å²) in [7, 11) is 0. The lowest BCUT2D eigenvalue weighted by Gasteiger charge is -2.27. The molecule has 1 aliphatic rings. The molecule has 1 unspecified atom stereocenters. The first-order chi connectivity index (χ1) is 8.85. The predicted octanol–water partition coefficient (Wildman–Crippen LogP) is 2.13. The average molecular weight is 246 g/mol. The average Bonchev–Trinajstić information content (AvgIpc) is 2.44. The van der Waals surface area contributed by atoms with Crippen molar-refractivity contribution in [1.82, 2.24) is 10.2 Å². The minimum atomic E-state index is 0.459. The van der Waals surface area contributed by atoms with Gasteiger partial charge in [-0.2, -0.15) is 0 Å². The largest absolute Gasteiger partial charge is 0.344 e. The highest BCUT2D eigenvalue weighted by Crippen LogP contribution is 2.29. The van der Waals surface area contributed by atoms with E-state index in [4.69, 9.17) is 0 Å². The second-order valence-corrected chi connectivity index (χ2v) is 4.83. The third kappa shape index (κ3) is 3.10. The fraction of sp³-hybridized carbons (Fsp3) is 0.533. The van der Waals surface area contributed by atoms with Gasteiger partial charge in [-0.1, -0.05) is 24.3 Å². The Bertz CT molecular complexity index is 392. The first-order valence-corrected chi connectivity index (χ1v) is 6.85. The number of amides is 1. The van der Waals surface area contributed by atoms with Crippen LogP contribution in [0.5, 0.6) is 0 Å². The molecule has 0 aliphatic heterocycles. The van der Waals surface area contributed by atoms with Gasteiger partial charge in [0.15, 0.2) is 0 Å². The highest BCUT2D eigenvalue weighted by molar-refractivity contribution is 5.46. The second-order valence-electron chi connectivity index (χ2n) is 4.83. The second kappa shape index (κ2) is 6.55. The van der Waals surface area contributed by atoms with Gasteiger partial charge in [0.05, 0.1) is 0 Å². The summed E-state index contributed by atoms with van der Waals surface area (Å²) in [6, 6.07) is 9.14. The van der Waals surface area contributed by atoms with Crippen LogP contribution in [-0.2, 0) is 11.2 Å². The zero-order valence-electron chi connectivity index (χ0n) is 11.1. The van der Waals surface area contributed by atoms with E-state index in [0.29, 0.717) is 6.04 Å². The Morgan fingerprint density at radius 3 is 3.06 bits per heavy atom. The molecular formula is C15H22N2O. The highest BCUT2D eigenvalue weighted by atomic mass is 16.1. The van der Waals surface area contributed by atoms with Crippen molar-refractivity contribution in [2.24, 2.45) is 0 Å². The number of fused-ring (bicyclic) bond motifs is 1. The fourth-order valence-electron chi connectivity index (χ4n) is 2.63. The maximum atomic E-state index is 10.7. The molecule has 2 rings (SSSR count). The summed E-state index contributed by atoms with van der Waals surface area (Å²) in [6.07, 6.45) is 4.57. The van der Waals surface area contributed by atoms with Crippen LogP contribution in [0.15, 0.2) is 24.3 Å². The van der Waals surface area contributed by atoms with Crippen molar-refractivity contribution < 1.29 is 4.79 Å². The minimum absolute atomic E-state index is 0.459. The van der Waals surface area contributed by atoms with Crippen molar-refractivity contribution in [2.75, 3.05) is 19.6 Å². The van der Waals surface area contributed by atoms with Crippen LogP contribution in [0.3, 0.4) is 0 Å². The lowest BCUT2D eigenvalue weighted by atomic mass is 9.88. The summed E-state index contributed by atoms with van der Waals surface area (Å²) in [5, 5.41) is 3.58. The van der Waals surface area contributed by atoms with Gasteiger partial charge in [0.2, 0.25) is 6.41 Å². The molecule has 0 heterocycles. The standard InChI is InChI=1S/C15H22N2O/c1-2-17(12-18)11-10-16-15-9-5-7-13-6-3-4-8-14(13)15/h3-4,6,8,12,15-16H,2,5,7,9-11H2,1H3. The Hall–Kier alpha value is -1.35. The number of rotatable bonds is 6. The van der Waals surface area contributed by atoms with Gasteiger partial charge in [0.1, 0.15) is 0 Å². The van der Waals surface area contributed by atoms with E-state index in [9.17, 15) is 4.79 Å². The van der Waals surface area contributed by atoms with E-state index >= 15 is 0 Å². The number of hydrogen-bond acceptors (Lipinski definition) is 2. The van der Waals surface area contributed by atoms with Gasteiger partial charge in [-0.05, 0) is 37.3 Å². The summed E-state index contributed by atoms with van der Waals surface area (Å²) in [5.74, 6) is 0. The van der Waals surface area contributed by atoms with Gasteiger partial charge in [-0.25, -0.2) is 0 Å². The molecule has 0 spiro atoms. The SMILES string of the molecule is CCN(C=O)CCNC1CCCc2ccccc21. The van der Waals surface area contributed by atoms with E-state index in [2.05, 4.69) is 29.6 Å². The Morgan fingerprint density at radius 1 is 1.44 bits per heavy atom. The molecule has 1 N–H and O–H groups in total. The smallest absolute Gasteiger partial charge is 0.209 e. The summed E-state index contributed by atoms with van der Waals surface area (Å²) >= 11 is 0. The Balaban J connectivity index is 1.89. The van der Waals surface area contributed by atoms with E-state index < -0.39 is 0 Å². The van der Waals surface area contributed by atoms with Crippen LogP contribution >= 0.6 is 0 Å². The summed E-state index contributed by atoms with van der Waals surface area (Å²) in [6.45, 7) is 4.45. The lowest BCUT2D eigenvalue weighted by Crippen LogP contribution is -2.34. The van der Waals surface area contributed by atoms with Crippen LogP contribution in [0.2, 0.25) is 0 Å². The van der Waals surface area contributed by atoms with Crippen molar-refractivity contribution in [1.29, 1.82) is 0 Å². The molecule has 0 radical (unpaired) electrons. The minimum Gasteiger partial charge on any atom is -0.344 e. The van der Waals surface area contributed by atoms with Crippen molar-refractivity contribution in [2.45, 2.75) is 32.2 Å². The topological polar surface area (TPSA) is 32.3 Å². The van der Waals surface area contributed by atoms with Crippen molar-refractivity contribution in [3.8, 4) is 0 Å². The molecule has 0 aromatic heterocycles. The van der Waals surface area contributed by atoms with E-state index in [0.717, 1.165) is 26.0 Å². The maximum absolute atomic E-state index is 10.7. The summed E-state index contributed by atoms with van der Waals surface area (Å²) < 4.78 is 0. The molecule has 98 valence electrons. The molecular weight excluding hydrogens is 224 g/mol. The quantitative estimate of drug-likeness (QED) is 0.780. The van der Waals surface area contributed by atoms with E-state index in [1.165, 1.54) is 30.4 Å². The molecule has 1 amide bonds. The van der Waals surface area contributed by atoms with Crippen LogP contribution in [-0.4, -0.2) is 30.9 Å². The van der Waals surface area contributed by atoms with Gasteiger partial charge in [-0.3, -0.25) is 4.79 Å². The lowest BCUT2D eigenvalue weighted by molar-refractivity contribution is -0.117. The van der Waals surface area contributed by atoms with E-state index in [1.807, 2.05) is 6.92 Å². The maximum Gasteiger partial charge on any atom is 0.209 e. The van der Waals surface area contributed by atoms with Gasteiger partial charge in [-0.15, -0.1) is 0 Å².